The van der Waals surface area contributed by atoms with Crippen LogP contribution in [0.15, 0.2) is 18.2 Å². The van der Waals surface area contributed by atoms with Crippen molar-refractivity contribution in [2.45, 2.75) is 19.4 Å². The first-order valence-electron chi connectivity index (χ1n) is 7.42. The van der Waals surface area contributed by atoms with Gasteiger partial charge in [-0.2, -0.15) is 0 Å². The lowest BCUT2D eigenvalue weighted by atomic mass is 9.88. The maximum absolute atomic E-state index is 12.5. The molecule has 24 heavy (non-hydrogen) atoms. The van der Waals surface area contributed by atoms with Crippen molar-refractivity contribution in [2.24, 2.45) is 5.41 Å². The van der Waals surface area contributed by atoms with Crippen LogP contribution in [0, 0.1) is 5.41 Å². The van der Waals surface area contributed by atoms with Gasteiger partial charge in [0.25, 0.3) is 5.91 Å². The molecule has 0 bridgehead atoms. The highest BCUT2D eigenvalue weighted by molar-refractivity contribution is 6.42. The van der Waals surface area contributed by atoms with Gasteiger partial charge in [0.15, 0.2) is 6.10 Å². The van der Waals surface area contributed by atoms with Crippen molar-refractivity contribution in [3.63, 3.8) is 0 Å². The van der Waals surface area contributed by atoms with Crippen molar-refractivity contribution >= 4 is 35.1 Å². The van der Waals surface area contributed by atoms with E-state index in [0.717, 1.165) is 0 Å². The minimum atomic E-state index is -1.06. The van der Waals surface area contributed by atoms with Crippen molar-refractivity contribution < 1.29 is 24.2 Å². The first-order valence-corrected chi connectivity index (χ1v) is 8.17. The summed E-state index contributed by atoms with van der Waals surface area (Å²) in [7, 11) is 1.45. The van der Waals surface area contributed by atoms with E-state index in [1.54, 1.807) is 19.1 Å². The number of hydrogen-bond donors (Lipinski definition) is 1. The van der Waals surface area contributed by atoms with Crippen LogP contribution in [0.25, 0.3) is 0 Å². The van der Waals surface area contributed by atoms with Gasteiger partial charge in [0.2, 0.25) is 0 Å². The van der Waals surface area contributed by atoms with Crippen molar-refractivity contribution in [3.8, 4) is 5.75 Å². The molecule has 8 heteroatoms. The number of ether oxygens (including phenoxy) is 2. The van der Waals surface area contributed by atoms with Gasteiger partial charge < -0.3 is 19.5 Å². The molecule has 0 saturated carbocycles. The summed E-state index contributed by atoms with van der Waals surface area (Å²) in [4.78, 5) is 25.6. The van der Waals surface area contributed by atoms with E-state index in [1.807, 2.05) is 0 Å². The van der Waals surface area contributed by atoms with Gasteiger partial charge in [-0.15, -0.1) is 0 Å². The van der Waals surface area contributed by atoms with E-state index < -0.39 is 17.5 Å². The molecule has 2 atom stereocenters. The van der Waals surface area contributed by atoms with Crippen molar-refractivity contribution in [1.29, 1.82) is 0 Å². The van der Waals surface area contributed by atoms with Crippen LogP contribution in [0.1, 0.15) is 13.3 Å². The number of carboxylic acid groups (broad SMARTS) is 1. The van der Waals surface area contributed by atoms with Crippen LogP contribution in [-0.4, -0.2) is 54.8 Å². The molecule has 2 rings (SSSR count). The lowest BCUT2D eigenvalue weighted by Crippen LogP contribution is -2.43. The van der Waals surface area contributed by atoms with E-state index in [9.17, 15) is 14.7 Å². The monoisotopic (exact) mass is 375 g/mol. The van der Waals surface area contributed by atoms with Crippen LogP contribution in [-0.2, 0) is 14.3 Å². The second kappa shape index (κ2) is 7.59. The van der Waals surface area contributed by atoms with Crippen LogP contribution in [0.2, 0.25) is 10.0 Å². The maximum atomic E-state index is 12.5. The number of hydrogen-bond acceptors (Lipinski definition) is 4. The Balaban J connectivity index is 2.03. The number of likely N-dealkylation sites (tertiary alicyclic amines) is 1. The molecular formula is C16H19Cl2NO5. The highest BCUT2D eigenvalue weighted by atomic mass is 35.5. The van der Waals surface area contributed by atoms with Crippen LogP contribution < -0.4 is 4.74 Å². The highest BCUT2D eigenvalue weighted by Gasteiger charge is 2.47. The second-order valence-corrected chi connectivity index (χ2v) is 6.68. The minimum absolute atomic E-state index is 0.0636. The Kier molecular flexibility index (Phi) is 5.96. The van der Waals surface area contributed by atoms with E-state index in [1.165, 1.54) is 18.1 Å². The van der Waals surface area contributed by atoms with Gasteiger partial charge in [-0.05, 0) is 25.5 Å². The van der Waals surface area contributed by atoms with Crippen LogP contribution in [0.5, 0.6) is 5.75 Å². The summed E-state index contributed by atoms with van der Waals surface area (Å²) >= 11 is 11.8. The van der Waals surface area contributed by atoms with Gasteiger partial charge in [-0.3, -0.25) is 9.59 Å². The molecule has 1 saturated heterocycles. The number of rotatable bonds is 6. The summed E-state index contributed by atoms with van der Waals surface area (Å²) in [5, 5.41) is 10.2. The largest absolute Gasteiger partial charge is 0.481 e. The summed E-state index contributed by atoms with van der Waals surface area (Å²) in [6, 6.07) is 4.73. The first-order chi connectivity index (χ1) is 11.3. The molecule has 1 N–H and O–H groups in total. The van der Waals surface area contributed by atoms with E-state index in [-0.39, 0.29) is 19.1 Å². The van der Waals surface area contributed by atoms with E-state index in [4.69, 9.17) is 32.7 Å². The number of halogens is 2. The third-order valence-electron chi connectivity index (χ3n) is 4.09. The van der Waals surface area contributed by atoms with Crippen LogP contribution >= 0.6 is 23.2 Å². The van der Waals surface area contributed by atoms with E-state index in [0.29, 0.717) is 28.8 Å². The molecule has 2 unspecified atom stereocenters. The second-order valence-electron chi connectivity index (χ2n) is 5.86. The molecule has 0 aliphatic carbocycles. The predicted octanol–water partition coefficient (Wildman–Crippen LogP) is 2.71. The fourth-order valence-electron chi connectivity index (χ4n) is 2.75. The minimum Gasteiger partial charge on any atom is -0.481 e. The van der Waals surface area contributed by atoms with Crippen molar-refractivity contribution in [2.75, 3.05) is 26.8 Å². The number of aliphatic carboxylic acids is 1. The maximum Gasteiger partial charge on any atom is 0.313 e. The predicted molar refractivity (Wildman–Crippen MR) is 89.7 cm³/mol. The van der Waals surface area contributed by atoms with Crippen LogP contribution in [0.4, 0.5) is 0 Å². The molecule has 1 heterocycles. The number of nitrogens with zero attached hydrogens (tertiary/aromatic N) is 1. The van der Waals surface area contributed by atoms with E-state index >= 15 is 0 Å². The molecule has 0 radical (unpaired) electrons. The van der Waals surface area contributed by atoms with Crippen molar-refractivity contribution in [3.05, 3.63) is 28.2 Å². The smallest absolute Gasteiger partial charge is 0.313 e. The average Bonchev–Trinajstić information content (AvgIpc) is 2.96. The van der Waals surface area contributed by atoms with Crippen molar-refractivity contribution in [1.82, 2.24) is 4.90 Å². The van der Waals surface area contributed by atoms with Gasteiger partial charge in [0.05, 0.1) is 16.7 Å². The van der Waals surface area contributed by atoms with E-state index in [2.05, 4.69) is 0 Å². The molecular weight excluding hydrogens is 357 g/mol. The lowest BCUT2D eigenvalue weighted by molar-refractivity contribution is -0.152. The summed E-state index contributed by atoms with van der Waals surface area (Å²) in [6.07, 6.45) is -0.420. The normalized spacial score (nSPS) is 21.6. The van der Waals surface area contributed by atoms with Gasteiger partial charge in [0, 0.05) is 26.3 Å². The molecule has 6 nitrogen and oxygen atoms in total. The third kappa shape index (κ3) is 3.94. The molecule has 132 valence electrons. The third-order valence-corrected chi connectivity index (χ3v) is 4.83. The van der Waals surface area contributed by atoms with Crippen LogP contribution in [0.3, 0.4) is 0 Å². The highest BCUT2D eigenvalue weighted by Crippen LogP contribution is 2.32. The summed E-state index contributed by atoms with van der Waals surface area (Å²) in [6.45, 7) is 2.13. The zero-order valence-electron chi connectivity index (χ0n) is 13.4. The Morgan fingerprint density at radius 1 is 1.38 bits per heavy atom. The average molecular weight is 376 g/mol. The molecule has 1 aliphatic heterocycles. The molecule has 1 amide bonds. The van der Waals surface area contributed by atoms with Gasteiger partial charge in [-0.1, -0.05) is 23.2 Å². The molecule has 1 aliphatic rings. The topological polar surface area (TPSA) is 76.1 Å². The summed E-state index contributed by atoms with van der Waals surface area (Å²) in [5.41, 5.74) is -1.06. The lowest BCUT2D eigenvalue weighted by Gasteiger charge is -2.25. The number of carboxylic acids is 1. The first kappa shape index (κ1) is 18.8. The number of carbonyl (C=O) groups is 2. The number of methoxy groups -OCH3 is 1. The number of benzene rings is 1. The zero-order chi connectivity index (χ0) is 17.9. The van der Waals surface area contributed by atoms with Gasteiger partial charge in [-0.25, -0.2) is 0 Å². The molecule has 1 aromatic rings. The van der Waals surface area contributed by atoms with Gasteiger partial charge >= 0.3 is 5.97 Å². The Hall–Kier alpha value is -1.50. The fraction of sp³-hybridized carbons (Fsp3) is 0.500. The molecule has 1 fully saturated rings. The Morgan fingerprint density at radius 3 is 2.67 bits per heavy atom. The van der Waals surface area contributed by atoms with Gasteiger partial charge in [0.1, 0.15) is 11.2 Å². The standard InChI is InChI=1S/C16H19Cl2NO5/c1-10(24-11-3-4-12(17)13(18)7-11)14(20)19-6-5-16(8-19,9-23-2)15(21)22/h3-4,7,10H,5-6,8-9H2,1-2H3,(H,21,22). The Morgan fingerprint density at radius 2 is 2.08 bits per heavy atom. The fourth-order valence-corrected chi connectivity index (χ4v) is 3.04. The number of carbonyl (C=O) groups excluding carboxylic acids is 1. The number of amides is 1. The Bertz CT molecular complexity index is 639. The molecule has 0 spiro atoms. The SMILES string of the molecule is COCC1(C(=O)O)CCN(C(=O)C(C)Oc2ccc(Cl)c(Cl)c2)C1. The Labute approximate surface area is 150 Å². The molecule has 1 aromatic carbocycles. The quantitative estimate of drug-likeness (QED) is 0.826. The summed E-state index contributed by atoms with van der Waals surface area (Å²) in [5.74, 6) is -0.816. The zero-order valence-corrected chi connectivity index (χ0v) is 14.9. The summed E-state index contributed by atoms with van der Waals surface area (Å²) < 4.78 is 10.6. The molecule has 0 aromatic heterocycles.